The summed E-state index contributed by atoms with van der Waals surface area (Å²) in [6.45, 7) is 3.78. The molecule has 0 spiro atoms. The van der Waals surface area contributed by atoms with E-state index >= 15 is 0 Å². The van der Waals surface area contributed by atoms with Crippen molar-refractivity contribution in [2.24, 2.45) is 0 Å². The van der Waals surface area contributed by atoms with Gasteiger partial charge in [-0.15, -0.1) is 0 Å². The summed E-state index contributed by atoms with van der Waals surface area (Å²) >= 11 is 0. The third-order valence-corrected chi connectivity index (χ3v) is 5.19. The summed E-state index contributed by atoms with van der Waals surface area (Å²) in [6, 6.07) is 15.1. The molecule has 0 aromatic heterocycles. The summed E-state index contributed by atoms with van der Waals surface area (Å²) in [5, 5.41) is 3.02. The van der Waals surface area contributed by atoms with Gasteiger partial charge in [0.15, 0.2) is 0 Å². The van der Waals surface area contributed by atoms with Gasteiger partial charge >= 0.3 is 0 Å². The minimum atomic E-state index is -1.01. The van der Waals surface area contributed by atoms with Crippen LogP contribution in [0, 0.1) is 25.5 Å². The molecule has 4 rings (SSSR count). The molecular weight excluding hydrogens is 414 g/mol. The van der Waals surface area contributed by atoms with Crippen LogP contribution in [0.2, 0.25) is 0 Å². The van der Waals surface area contributed by atoms with Crippen molar-refractivity contribution < 1.29 is 23.1 Å². The summed E-state index contributed by atoms with van der Waals surface area (Å²) in [6.07, 6.45) is 0. The maximum atomic E-state index is 14.5. The second-order valence-electron chi connectivity index (χ2n) is 7.49. The molecule has 1 N–H and O–H groups in total. The van der Waals surface area contributed by atoms with Gasteiger partial charge in [-0.25, -0.2) is 13.7 Å². The zero-order chi connectivity index (χ0) is 23.0. The molecule has 1 aliphatic rings. The molecule has 1 aliphatic heterocycles. The van der Waals surface area contributed by atoms with E-state index in [0.717, 1.165) is 23.3 Å². The van der Waals surface area contributed by atoms with E-state index in [-0.39, 0.29) is 17.0 Å². The molecule has 32 heavy (non-hydrogen) atoms. The lowest BCUT2D eigenvalue weighted by Gasteiger charge is -2.17. The van der Waals surface area contributed by atoms with E-state index in [9.17, 15) is 18.4 Å². The normalized spacial score (nSPS) is 13.7. The molecular formula is C25H20F2N2O3. The van der Waals surface area contributed by atoms with Gasteiger partial charge in [-0.05, 0) is 49.2 Å². The quantitative estimate of drug-likeness (QED) is 0.575. The fourth-order valence-electron chi connectivity index (χ4n) is 3.57. The molecule has 0 atom stereocenters. The van der Waals surface area contributed by atoms with Crippen LogP contribution in [-0.4, -0.2) is 18.9 Å². The number of methoxy groups -OCH3 is 1. The first-order valence-electron chi connectivity index (χ1n) is 9.87. The van der Waals surface area contributed by atoms with Crippen LogP contribution < -0.4 is 15.0 Å². The summed E-state index contributed by atoms with van der Waals surface area (Å²) in [5.74, 6) is -2.81. The Bertz CT molecular complexity index is 1270. The number of carbonyl (C=O) groups is 2. The van der Waals surface area contributed by atoms with Crippen LogP contribution >= 0.6 is 0 Å². The number of nitrogens with zero attached hydrogens (tertiary/aromatic N) is 1. The SMILES string of the molecule is COc1ccc(C)cc1NC1=C(c2ccc(C)cc2)C(=O)N(c2ccc(F)cc2F)C1=O. The number of amides is 2. The van der Waals surface area contributed by atoms with Gasteiger partial charge in [-0.1, -0.05) is 35.9 Å². The zero-order valence-corrected chi connectivity index (χ0v) is 17.7. The van der Waals surface area contributed by atoms with Crippen molar-refractivity contribution in [3.8, 4) is 5.75 Å². The second-order valence-corrected chi connectivity index (χ2v) is 7.49. The lowest BCUT2D eigenvalue weighted by Crippen LogP contribution is -2.33. The van der Waals surface area contributed by atoms with E-state index in [0.29, 0.717) is 28.0 Å². The highest BCUT2D eigenvalue weighted by Gasteiger charge is 2.41. The molecule has 3 aromatic carbocycles. The van der Waals surface area contributed by atoms with Crippen molar-refractivity contribution in [1.82, 2.24) is 0 Å². The molecule has 0 radical (unpaired) electrons. The molecule has 3 aromatic rings. The topological polar surface area (TPSA) is 58.6 Å². The highest BCUT2D eigenvalue weighted by Crippen LogP contribution is 2.37. The number of imide groups is 1. The van der Waals surface area contributed by atoms with Gasteiger partial charge < -0.3 is 10.1 Å². The van der Waals surface area contributed by atoms with E-state index in [1.807, 2.05) is 32.0 Å². The van der Waals surface area contributed by atoms with Crippen LogP contribution in [0.5, 0.6) is 5.75 Å². The van der Waals surface area contributed by atoms with Crippen LogP contribution in [0.3, 0.4) is 0 Å². The Balaban J connectivity index is 1.87. The number of nitrogens with one attached hydrogen (secondary N) is 1. The summed E-state index contributed by atoms with van der Waals surface area (Å²) in [5.41, 5.74) is 2.60. The number of anilines is 2. The smallest absolute Gasteiger partial charge is 0.282 e. The summed E-state index contributed by atoms with van der Waals surface area (Å²) in [7, 11) is 1.49. The van der Waals surface area contributed by atoms with Crippen molar-refractivity contribution in [2.45, 2.75) is 13.8 Å². The van der Waals surface area contributed by atoms with E-state index in [4.69, 9.17) is 4.74 Å². The number of rotatable bonds is 5. The largest absolute Gasteiger partial charge is 0.495 e. The van der Waals surface area contributed by atoms with Crippen molar-refractivity contribution in [1.29, 1.82) is 0 Å². The predicted octanol–water partition coefficient (Wildman–Crippen LogP) is 4.99. The molecule has 0 unspecified atom stereocenters. The number of carbonyl (C=O) groups excluding carboxylic acids is 2. The van der Waals surface area contributed by atoms with Crippen molar-refractivity contribution in [3.63, 3.8) is 0 Å². The number of benzene rings is 3. The van der Waals surface area contributed by atoms with Crippen molar-refractivity contribution in [3.05, 3.63) is 94.7 Å². The van der Waals surface area contributed by atoms with Crippen LogP contribution in [0.25, 0.3) is 5.57 Å². The van der Waals surface area contributed by atoms with Gasteiger partial charge in [0, 0.05) is 6.07 Å². The van der Waals surface area contributed by atoms with Gasteiger partial charge in [0.1, 0.15) is 23.1 Å². The average Bonchev–Trinajstić information content (AvgIpc) is 2.99. The Kier molecular flexibility index (Phi) is 5.48. The van der Waals surface area contributed by atoms with Crippen LogP contribution in [0.4, 0.5) is 20.2 Å². The molecule has 7 heteroatoms. The number of aryl methyl sites for hydroxylation is 2. The molecule has 0 bridgehead atoms. The standard InChI is InChI=1S/C25H20F2N2O3/c1-14-4-7-16(8-5-14)22-23(28-19-12-15(2)6-11-21(19)32-3)25(31)29(24(22)30)20-10-9-17(26)13-18(20)27/h4-13,28H,1-3H3. The zero-order valence-electron chi connectivity index (χ0n) is 17.7. The highest BCUT2D eigenvalue weighted by atomic mass is 19.1. The lowest BCUT2D eigenvalue weighted by molar-refractivity contribution is -0.120. The molecule has 5 nitrogen and oxygen atoms in total. The second kappa shape index (κ2) is 8.26. The van der Waals surface area contributed by atoms with Gasteiger partial charge in [0.25, 0.3) is 11.8 Å². The third-order valence-electron chi connectivity index (χ3n) is 5.19. The van der Waals surface area contributed by atoms with Crippen molar-refractivity contribution >= 4 is 28.8 Å². The summed E-state index contributed by atoms with van der Waals surface area (Å²) < 4.78 is 33.3. The van der Waals surface area contributed by atoms with Crippen LogP contribution in [-0.2, 0) is 9.59 Å². The predicted molar refractivity (Wildman–Crippen MR) is 118 cm³/mol. The van der Waals surface area contributed by atoms with E-state index in [1.54, 1.807) is 24.3 Å². The van der Waals surface area contributed by atoms with Gasteiger partial charge in [-0.3, -0.25) is 9.59 Å². The Labute approximate surface area is 183 Å². The highest BCUT2D eigenvalue weighted by molar-refractivity contribution is 6.46. The Morgan fingerprint density at radius 1 is 0.844 bits per heavy atom. The lowest BCUT2D eigenvalue weighted by atomic mass is 10.0. The first kappa shape index (κ1) is 21.2. The maximum Gasteiger partial charge on any atom is 0.282 e. The van der Waals surface area contributed by atoms with Gasteiger partial charge in [0.2, 0.25) is 0 Å². The molecule has 0 aliphatic carbocycles. The minimum absolute atomic E-state index is 0.0218. The number of hydrogen-bond acceptors (Lipinski definition) is 4. The molecule has 0 fully saturated rings. The van der Waals surface area contributed by atoms with Crippen LogP contribution in [0.1, 0.15) is 16.7 Å². The molecule has 0 saturated heterocycles. The number of ether oxygens (including phenoxy) is 1. The van der Waals surface area contributed by atoms with Crippen molar-refractivity contribution in [2.75, 3.05) is 17.3 Å². The third kappa shape index (κ3) is 3.73. The first-order chi connectivity index (χ1) is 15.3. The van der Waals surface area contributed by atoms with E-state index in [1.165, 1.54) is 7.11 Å². The monoisotopic (exact) mass is 434 g/mol. The summed E-state index contributed by atoms with van der Waals surface area (Å²) in [4.78, 5) is 27.5. The molecule has 162 valence electrons. The van der Waals surface area contributed by atoms with E-state index in [2.05, 4.69) is 5.32 Å². The Morgan fingerprint density at radius 3 is 2.19 bits per heavy atom. The minimum Gasteiger partial charge on any atom is -0.495 e. The molecule has 2 amide bonds. The molecule has 1 heterocycles. The molecule has 0 saturated carbocycles. The van der Waals surface area contributed by atoms with Gasteiger partial charge in [-0.2, -0.15) is 0 Å². The average molecular weight is 434 g/mol. The Morgan fingerprint density at radius 2 is 1.53 bits per heavy atom. The van der Waals surface area contributed by atoms with Gasteiger partial charge in [0.05, 0.1) is 24.1 Å². The van der Waals surface area contributed by atoms with Crippen LogP contribution in [0.15, 0.2) is 66.4 Å². The Hall–Kier alpha value is -4.00. The first-order valence-corrected chi connectivity index (χ1v) is 9.87. The maximum absolute atomic E-state index is 14.5. The van der Waals surface area contributed by atoms with E-state index < -0.39 is 23.4 Å². The number of halogens is 2. The fraction of sp³-hybridized carbons (Fsp3) is 0.120. The fourth-order valence-corrected chi connectivity index (χ4v) is 3.57. The number of hydrogen-bond donors (Lipinski definition) is 1.